The van der Waals surface area contributed by atoms with Crippen molar-refractivity contribution in [3.63, 3.8) is 0 Å². The van der Waals surface area contributed by atoms with Gasteiger partial charge >= 0.3 is 0 Å². The van der Waals surface area contributed by atoms with Crippen LogP contribution in [-0.4, -0.2) is 19.9 Å². The average molecular weight is 315 g/mol. The Morgan fingerprint density at radius 2 is 1.96 bits per heavy atom. The SMILES string of the molecule is Cc1ccccc1CN1Cc2cnnn2-c2ccccc2C1C#N. The molecule has 0 aliphatic carbocycles. The summed E-state index contributed by atoms with van der Waals surface area (Å²) < 4.78 is 1.84. The Hall–Kier alpha value is -2.97. The van der Waals surface area contributed by atoms with Crippen LogP contribution in [0.25, 0.3) is 5.69 Å². The van der Waals surface area contributed by atoms with Gasteiger partial charge in [0.2, 0.25) is 0 Å². The predicted molar refractivity (Wildman–Crippen MR) is 90.1 cm³/mol. The van der Waals surface area contributed by atoms with Crippen molar-refractivity contribution >= 4 is 0 Å². The van der Waals surface area contributed by atoms with Crippen molar-refractivity contribution in [2.24, 2.45) is 0 Å². The number of nitrogens with zero attached hydrogens (tertiary/aromatic N) is 5. The van der Waals surface area contributed by atoms with Gasteiger partial charge in [-0.3, -0.25) is 4.90 Å². The van der Waals surface area contributed by atoms with Crippen LogP contribution in [0.3, 0.4) is 0 Å². The minimum atomic E-state index is -0.317. The number of aryl methyl sites for hydroxylation is 1. The van der Waals surface area contributed by atoms with Gasteiger partial charge in [0.15, 0.2) is 0 Å². The Labute approximate surface area is 140 Å². The van der Waals surface area contributed by atoms with E-state index in [0.29, 0.717) is 13.1 Å². The van der Waals surface area contributed by atoms with Gasteiger partial charge in [0.05, 0.1) is 23.6 Å². The molecular weight excluding hydrogens is 298 g/mol. The highest BCUT2D eigenvalue weighted by molar-refractivity contribution is 5.46. The van der Waals surface area contributed by atoms with Crippen molar-refractivity contribution in [2.75, 3.05) is 0 Å². The lowest BCUT2D eigenvalue weighted by Gasteiger charge is -2.26. The van der Waals surface area contributed by atoms with Crippen LogP contribution in [0, 0.1) is 18.3 Å². The molecule has 0 saturated carbocycles. The molecule has 0 bridgehead atoms. The fraction of sp³-hybridized carbons (Fsp3) is 0.211. The van der Waals surface area contributed by atoms with Gasteiger partial charge in [-0.25, -0.2) is 4.68 Å². The molecule has 4 rings (SSSR count). The molecule has 1 aromatic heterocycles. The summed E-state index contributed by atoms with van der Waals surface area (Å²) in [6, 6.07) is 18.4. The van der Waals surface area contributed by atoms with Gasteiger partial charge in [-0.2, -0.15) is 5.26 Å². The number of fused-ring (bicyclic) bond motifs is 3. The zero-order valence-electron chi connectivity index (χ0n) is 13.4. The van der Waals surface area contributed by atoms with E-state index >= 15 is 0 Å². The van der Waals surface area contributed by atoms with Crippen molar-refractivity contribution in [3.8, 4) is 11.8 Å². The Morgan fingerprint density at radius 3 is 2.79 bits per heavy atom. The molecule has 2 heterocycles. The molecule has 3 aromatic rings. The highest BCUT2D eigenvalue weighted by Gasteiger charge is 2.29. The molecule has 0 amide bonds. The molecule has 24 heavy (non-hydrogen) atoms. The Morgan fingerprint density at radius 1 is 1.17 bits per heavy atom. The first-order chi connectivity index (χ1) is 11.8. The maximum atomic E-state index is 9.86. The van der Waals surface area contributed by atoms with Crippen molar-refractivity contribution in [2.45, 2.75) is 26.1 Å². The van der Waals surface area contributed by atoms with Crippen LogP contribution >= 0.6 is 0 Å². The van der Waals surface area contributed by atoms with Gasteiger partial charge in [0.25, 0.3) is 0 Å². The molecule has 1 aliphatic rings. The third kappa shape index (κ3) is 2.38. The number of rotatable bonds is 2. The number of nitriles is 1. The summed E-state index contributed by atoms with van der Waals surface area (Å²) in [5, 5.41) is 18.1. The minimum absolute atomic E-state index is 0.317. The van der Waals surface area contributed by atoms with E-state index in [2.05, 4.69) is 40.3 Å². The number of hydrogen-bond acceptors (Lipinski definition) is 4. The summed E-state index contributed by atoms with van der Waals surface area (Å²) in [4.78, 5) is 2.18. The Balaban J connectivity index is 1.82. The second-order valence-corrected chi connectivity index (χ2v) is 6.06. The van der Waals surface area contributed by atoms with E-state index in [4.69, 9.17) is 0 Å². The van der Waals surface area contributed by atoms with E-state index < -0.39 is 0 Å². The van der Waals surface area contributed by atoms with Crippen molar-refractivity contribution < 1.29 is 0 Å². The standard InChI is InChI=1S/C19H17N5/c1-14-6-2-3-7-15(14)12-23-13-16-11-21-22-24(16)18-9-5-4-8-17(18)19(23)10-20/h2-9,11,19H,12-13H2,1H3. The van der Waals surface area contributed by atoms with Gasteiger partial charge in [-0.1, -0.05) is 47.7 Å². The molecule has 0 fully saturated rings. The van der Waals surface area contributed by atoms with Crippen LogP contribution in [0.15, 0.2) is 54.7 Å². The van der Waals surface area contributed by atoms with Crippen LogP contribution in [0.1, 0.15) is 28.4 Å². The lowest BCUT2D eigenvalue weighted by Crippen LogP contribution is -2.26. The molecule has 118 valence electrons. The van der Waals surface area contributed by atoms with E-state index in [0.717, 1.165) is 16.9 Å². The molecule has 0 N–H and O–H groups in total. The van der Waals surface area contributed by atoms with Gasteiger partial charge in [-0.15, -0.1) is 5.10 Å². The first-order valence-corrected chi connectivity index (χ1v) is 7.95. The summed E-state index contributed by atoms with van der Waals surface area (Å²) in [7, 11) is 0. The van der Waals surface area contributed by atoms with Crippen LogP contribution in [0.5, 0.6) is 0 Å². The number of benzene rings is 2. The van der Waals surface area contributed by atoms with E-state index in [1.807, 2.05) is 41.1 Å². The predicted octanol–water partition coefficient (Wildman–Crippen LogP) is 3.16. The molecule has 1 unspecified atom stereocenters. The normalized spacial score (nSPS) is 16.8. The van der Waals surface area contributed by atoms with Crippen molar-refractivity contribution in [1.82, 2.24) is 19.9 Å². The van der Waals surface area contributed by atoms with Crippen LogP contribution in [0.2, 0.25) is 0 Å². The summed E-state index contributed by atoms with van der Waals surface area (Å²) in [5.74, 6) is 0. The quantitative estimate of drug-likeness (QED) is 0.729. The lowest BCUT2D eigenvalue weighted by atomic mass is 10.0. The molecule has 5 heteroatoms. The second-order valence-electron chi connectivity index (χ2n) is 6.06. The monoisotopic (exact) mass is 315 g/mol. The first kappa shape index (κ1) is 14.6. The smallest absolute Gasteiger partial charge is 0.126 e. The maximum absolute atomic E-state index is 9.86. The zero-order valence-corrected chi connectivity index (χ0v) is 13.4. The highest BCUT2D eigenvalue weighted by atomic mass is 15.4. The van der Waals surface area contributed by atoms with Gasteiger partial charge < -0.3 is 0 Å². The molecular formula is C19H17N5. The summed E-state index contributed by atoms with van der Waals surface area (Å²) in [6.45, 7) is 3.45. The van der Waals surface area contributed by atoms with Gasteiger partial charge in [0.1, 0.15) is 6.04 Å². The third-order valence-electron chi connectivity index (χ3n) is 4.57. The fourth-order valence-corrected chi connectivity index (χ4v) is 3.28. The molecule has 0 spiro atoms. The van der Waals surface area contributed by atoms with E-state index in [9.17, 15) is 5.26 Å². The Bertz CT molecular complexity index is 921. The second kappa shape index (κ2) is 5.91. The zero-order chi connectivity index (χ0) is 16.5. The summed E-state index contributed by atoms with van der Waals surface area (Å²) in [5.41, 5.74) is 5.37. The van der Waals surface area contributed by atoms with Gasteiger partial charge in [-0.05, 0) is 24.1 Å². The van der Waals surface area contributed by atoms with Crippen LogP contribution in [0.4, 0.5) is 0 Å². The van der Waals surface area contributed by atoms with Crippen molar-refractivity contribution in [3.05, 3.63) is 77.1 Å². The maximum Gasteiger partial charge on any atom is 0.126 e. The lowest BCUT2D eigenvalue weighted by molar-refractivity contribution is 0.218. The Kier molecular flexibility index (Phi) is 3.60. The van der Waals surface area contributed by atoms with E-state index in [1.54, 1.807) is 6.20 Å². The number of para-hydroxylation sites is 1. The third-order valence-corrected chi connectivity index (χ3v) is 4.57. The molecule has 2 aromatic carbocycles. The van der Waals surface area contributed by atoms with E-state index in [1.165, 1.54) is 11.1 Å². The van der Waals surface area contributed by atoms with Crippen molar-refractivity contribution in [1.29, 1.82) is 5.26 Å². The molecule has 0 radical (unpaired) electrons. The van der Waals surface area contributed by atoms with Crippen LogP contribution in [-0.2, 0) is 13.1 Å². The highest BCUT2D eigenvalue weighted by Crippen LogP contribution is 2.32. The first-order valence-electron chi connectivity index (χ1n) is 7.95. The molecule has 1 aliphatic heterocycles. The summed E-state index contributed by atoms with van der Waals surface area (Å²) in [6.07, 6.45) is 1.78. The van der Waals surface area contributed by atoms with Gasteiger partial charge in [0, 0.05) is 18.7 Å². The molecule has 5 nitrogen and oxygen atoms in total. The molecule has 0 saturated heterocycles. The number of aromatic nitrogens is 3. The van der Waals surface area contributed by atoms with E-state index in [-0.39, 0.29) is 6.04 Å². The largest absolute Gasteiger partial charge is 0.274 e. The summed E-state index contributed by atoms with van der Waals surface area (Å²) >= 11 is 0. The molecule has 1 atom stereocenters. The topological polar surface area (TPSA) is 57.7 Å². The average Bonchev–Trinajstić information content (AvgIpc) is 3.01. The number of hydrogen-bond donors (Lipinski definition) is 0. The fourth-order valence-electron chi connectivity index (χ4n) is 3.28. The van der Waals surface area contributed by atoms with Crippen LogP contribution < -0.4 is 0 Å². The minimum Gasteiger partial charge on any atom is -0.274 e.